The first-order valence-corrected chi connectivity index (χ1v) is 11.2. The molecule has 4 rings (SSSR count). The van der Waals surface area contributed by atoms with Crippen molar-refractivity contribution in [2.75, 3.05) is 20.2 Å². The molecule has 0 spiro atoms. The number of hydrogen-bond donors (Lipinski definition) is 1. The number of rotatable bonds is 7. The summed E-state index contributed by atoms with van der Waals surface area (Å²) in [4.78, 5) is 35.8. The summed E-state index contributed by atoms with van der Waals surface area (Å²) in [6, 6.07) is 16.1. The number of amides is 1. The van der Waals surface area contributed by atoms with Crippen LogP contribution in [0.4, 0.5) is 0 Å². The van der Waals surface area contributed by atoms with Gasteiger partial charge in [-0.15, -0.1) is 11.3 Å². The average molecular weight is 448 g/mol. The smallest absolute Gasteiger partial charge is 0.325 e. The van der Waals surface area contributed by atoms with Gasteiger partial charge in [0.25, 0.3) is 5.91 Å². The van der Waals surface area contributed by atoms with Crippen molar-refractivity contribution in [2.24, 2.45) is 0 Å². The van der Waals surface area contributed by atoms with Crippen LogP contribution in [0.5, 0.6) is 0 Å². The second-order valence-corrected chi connectivity index (χ2v) is 8.89. The van der Waals surface area contributed by atoms with Crippen LogP contribution in [0.15, 0.2) is 54.7 Å². The van der Waals surface area contributed by atoms with E-state index >= 15 is 0 Å². The molecule has 0 radical (unpaired) electrons. The molecule has 2 aromatic heterocycles. The van der Waals surface area contributed by atoms with Crippen molar-refractivity contribution in [3.63, 3.8) is 0 Å². The van der Waals surface area contributed by atoms with Crippen molar-refractivity contribution in [1.29, 1.82) is 0 Å². The maximum atomic E-state index is 13.5. The molecule has 7 heteroatoms. The number of ether oxygens (including phenoxy) is 1. The molecule has 0 aliphatic rings. The Balaban J connectivity index is 1.62. The number of carbonyl (C=O) groups excluding carboxylic acids is 2. The Hall–Kier alpha value is -3.45. The van der Waals surface area contributed by atoms with Gasteiger partial charge in [-0.3, -0.25) is 9.59 Å². The van der Waals surface area contributed by atoms with Crippen molar-refractivity contribution in [3.8, 4) is 10.4 Å². The maximum Gasteiger partial charge on any atom is 0.325 e. The van der Waals surface area contributed by atoms with Gasteiger partial charge < -0.3 is 14.6 Å². The highest BCUT2D eigenvalue weighted by Crippen LogP contribution is 2.31. The Morgan fingerprint density at radius 1 is 1.09 bits per heavy atom. The molecule has 0 atom stereocenters. The summed E-state index contributed by atoms with van der Waals surface area (Å²) in [7, 11) is 1.33. The minimum absolute atomic E-state index is 0.123. The first kappa shape index (κ1) is 21.8. The number of aromatic nitrogens is 2. The van der Waals surface area contributed by atoms with E-state index in [9.17, 15) is 9.59 Å². The van der Waals surface area contributed by atoms with E-state index in [1.807, 2.05) is 68.6 Å². The highest BCUT2D eigenvalue weighted by Gasteiger charge is 2.25. The largest absolute Gasteiger partial charge is 0.468 e. The highest BCUT2D eigenvalue weighted by atomic mass is 32.1. The molecule has 0 unspecified atom stereocenters. The predicted molar refractivity (Wildman–Crippen MR) is 127 cm³/mol. The minimum atomic E-state index is -0.457. The molecule has 4 aromatic rings. The number of nitrogens with zero attached hydrogens (tertiary/aromatic N) is 2. The summed E-state index contributed by atoms with van der Waals surface area (Å²) in [5.41, 5.74) is 4.61. The summed E-state index contributed by atoms with van der Waals surface area (Å²) in [5.74, 6) is -0.726. The lowest BCUT2D eigenvalue weighted by molar-refractivity contribution is -0.141. The zero-order chi connectivity index (χ0) is 22.7. The van der Waals surface area contributed by atoms with Crippen molar-refractivity contribution in [1.82, 2.24) is 14.9 Å². The maximum absolute atomic E-state index is 13.5. The predicted octanol–water partition coefficient (Wildman–Crippen LogP) is 4.77. The van der Waals surface area contributed by atoms with Crippen molar-refractivity contribution in [2.45, 2.75) is 20.3 Å². The van der Waals surface area contributed by atoms with Crippen LogP contribution in [-0.2, 0) is 16.0 Å². The van der Waals surface area contributed by atoms with Crippen LogP contribution in [0.1, 0.15) is 26.6 Å². The Labute approximate surface area is 190 Å². The molecule has 6 nitrogen and oxygen atoms in total. The molecule has 0 fully saturated rings. The first-order valence-electron chi connectivity index (χ1n) is 10.4. The van der Waals surface area contributed by atoms with Crippen LogP contribution in [0.3, 0.4) is 0 Å². The van der Waals surface area contributed by atoms with E-state index in [0.717, 1.165) is 37.5 Å². The topological polar surface area (TPSA) is 75.3 Å². The number of H-pyrrole nitrogens is 1. The van der Waals surface area contributed by atoms with Gasteiger partial charge in [0, 0.05) is 23.6 Å². The number of fused-ring (bicyclic) bond motifs is 1. The number of aryl methyl sites for hydroxylation is 2. The molecule has 164 valence electrons. The summed E-state index contributed by atoms with van der Waals surface area (Å²) in [6.07, 6.45) is 2.56. The molecule has 2 heterocycles. The van der Waals surface area contributed by atoms with Crippen LogP contribution in [0.2, 0.25) is 0 Å². The van der Waals surface area contributed by atoms with Gasteiger partial charge in [-0.05, 0) is 37.5 Å². The van der Waals surface area contributed by atoms with Gasteiger partial charge in [0.05, 0.1) is 17.0 Å². The van der Waals surface area contributed by atoms with Gasteiger partial charge in [-0.1, -0.05) is 48.0 Å². The lowest BCUT2D eigenvalue weighted by Crippen LogP contribution is -2.38. The number of benzene rings is 2. The Morgan fingerprint density at radius 3 is 2.59 bits per heavy atom. The molecule has 0 saturated carbocycles. The van der Waals surface area contributed by atoms with Crippen LogP contribution in [0.25, 0.3) is 21.3 Å². The number of carbonyl (C=O) groups is 2. The molecule has 1 amide bonds. The number of esters is 1. The standard InChI is InChI=1S/C25H25N3O3S/c1-16-8-10-18(11-9-16)24-23(27-17(2)32-24)25(30)28(15-22(29)31-3)13-12-19-14-26-21-7-5-4-6-20(19)21/h4-11,14,26H,12-13,15H2,1-3H3. The van der Waals surface area contributed by atoms with Crippen LogP contribution in [-0.4, -0.2) is 46.9 Å². The molecule has 1 N–H and O–H groups in total. The van der Waals surface area contributed by atoms with Crippen molar-refractivity contribution >= 4 is 34.1 Å². The van der Waals surface area contributed by atoms with Gasteiger partial charge in [0.1, 0.15) is 12.2 Å². The number of hydrogen-bond acceptors (Lipinski definition) is 5. The molecule has 0 aliphatic carbocycles. The molecule has 2 aromatic carbocycles. The molecule has 0 saturated heterocycles. The summed E-state index contributed by atoms with van der Waals surface area (Å²) in [5, 5.41) is 1.92. The Bertz CT molecular complexity index is 1260. The third-order valence-electron chi connectivity index (χ3n) is 5.41. The molecular weight excluding hydrogens is 422 g/mol. The third-order valence-corrected chi connectivity index (χ3v) is 6.43. The van der Waals surface area contributed by atoms with Gasteiger partial charge in [0.15, 0.2) is 0 Å². The van der Waals surface area contributed by atoms with Crippen molar-refractivity contribution < 1.29 is 14.3 Å². The SMILES string of the molecule is COC(=O)CN(CCc1c[nH]c2ccccc12)C(=O)c1nc(C)sc1-c1ccc(C)cc1. The van der Waals surface area contributed by atoms with E-state index in [1.54, 1.807) is 0 Å². The summed E-state index contributed by atoms with van der Waals surface area (Å²) in [6.45, 7) is 4.16. The summed E-state index contributed by atoms with van der Waals surface area (Å²) < 4.78 is 4.85. The lowest BCUT2D eigenvalue weighted by atomic mass is 10.1. The van der Waals surface area contributed by atoms with Gasteiger partial charge >= 0.3 is 5.97 Å². The fraction of sp³-hybridized carbons (Fsp3) is 0.240. The monoisotopic (exact) mass is 447 g/mol. The summed E-state index contributed by atoms with van der Waals surface area (Å²) >= 11 is 1.48. The second kappa shape index (κ2) is 9.36. The van der Waals surface area contributed by atoms with Crippen molar-refractivity contribution in [3.05, 3.63) is 76.6 Å². The Kier molecular flexibility index (Phi) is 6.37. The zero-order valence-corrected chi connectivity index (χ0v) is 19.2. The fourth-order valence-electron chi connectivity index (χ4n) is 3.69. The van der Waals surface area contributed by atoms with E-state index < -0.39 is 5.97 Å². The molecule has 0 aliphatic heterocycles. The quantitative estimate of drug-likeness (QED) is 0.414. The molecule has 32 heavy (non-hydrogen) atoms. The normalized spacial score (nSPS) is 11.0. The van der Waals surface area contributed by atoms with Gasteiger partial charge in [-0.2, -0.15) is 0 Å². The first-order chi connectivity index (χ1) is 15.5. The van der Waals surface area contributed by atoms with Crippen LogP contribution >= 0.6 is 11.3 Å². The zero-order valence-electron chi connectivity index (χ0n) is 18.3. The number of nitrogens with one attached hydrogen (secondary N) is 1. The van der Waals surface area contributed by atoms with E-state index in [2.05, 4.69) is 9.97 Å². The number of para-hydroxylation sites is 1. The molecule has 0 bridgehead atoms. The molecular formula is C25H25N3O3S. The number of thiazole rings is 1. The van der Waals surface area contributed by atoms with Crippen LogP contribution < -0.4 is 0 Å². The van der Waals surface area contributed by atoms with Gasteiger partial charge in [-0.25, -0.2) is 4.98 Å². The Morgan fingerprint density at radius 2 is 1.84 bits per heavy atom. The highest BCUT2D eigenvalue weighted by molar-refractivity contribution is 7.15. The van der Waals surface area contributed by atoms with E-state index in [0.29, 0.717) is 18.7 Å². The van der Waals surface area contributed by atoms with E-state index in [4.69, 9.17) is 4.74 Å². The number of aromatic amines is 1. The number of methoxy groups -OCH3 is 1. The van der Waals surface area contributed by atoms with Crippen LogP contribution in [0, 0.1) is 13.8 Å². The van der Waals surface area contributed by atoms with E-state index in [-0.39, 0.29) is 12.5 Å². The lowest BCUT2D eigenvalue weighted by Gasteiger charge is -2.21. The fourth-order valence-corrected chi connectivity index (χ4v) is 4.60. The third kappa shape index (κ3) is 4.57. The van der Waals surface area contributed by atoms with Gasteiger partial charge in [0.2, 0.25) is 0 Å². The second-order valence-electron chi connectivity index (χ2n) is 7.69. The van der Waals surface area contributed by atoms with E-state index in [1.165, 1.54) is 23.3 Å². The minimum Gasteiger partial charge on any atom is -0.468 e. The average Bonchev–Trinajstić information content (AvgIpc) is 3.40.